The summed E-state index contributed by atoms with van der Waals surface area (Å²) >= 11 is 0. The first-order valence-electron chi connectivity index (χ1n) is 11.7. The Morgan fingerprint density at radius 3 is 2.11 bits per heavy atom. The third-order valence-corrected chi connectivity index (χ3v) is 5.80. The zero-order valence-corrected chi connectivity index (χ0v) is 20.2. The van der Waals surface area contributed by atoms with E-state index in [0.717, 1.165) is 16.7 Å². The van der Waals surface area contributed by atoms with E-state index in [1.54, 1.807) is 11.8 Å². The van der Waals surface area contributed by atoms with Gasteiger partial charge in [-0.25, -0.2) is 9.59 Å². The van der Waals surface area contributed by atoms with Crippen LogP contribution in [-0.4, -0.2) is 23.0 Å². The molecule has 1 N–H and O–H groups in total. The van der Waals surface area contributed by atoms with Crippen molar-refractivity contribution in [2.45, 2.75) is 46.1 Å². The molecular weight excluding hydrogens is 440 g/mol. The van der Waals surface area contributed by atoms with Gasteiger partial charge in [0.2, 0.25) is 0 Å². The Kier molecular flexibility index (Phi) is 7.51. The zero-order chi connectivity index (χ0) is 24.8. The molecule has 35 heavy (non-hydrogen) atoms. The van der Waals surface area contributed by atoms with Gasteiger partial charge in [0.05, 0.1) is 24.3 Å². The summed E-state index contributed by atoms with van der Waals surface area (Å²) in [7, 11) is 0. The van der Waals surface area contributed by atoms with Gasteiger partial charge in [0.15, 0.2) is 0 Å². The highest BCUT2D eigenvalue weighted by atomic mass is 16.5. The van der Waals surface area contributed by atoms with Crippen molar-refractivity contribution in [3.8, 4) is 5.75 Å². The van der Waals surface area contributed by atoms with Crippen LogP contribution in [-0.2, 0) is 22.7 Å². The smallest absolute Gasteiger partial charge is 0.338 e. The second kappa shape index (κ2) is 10.9. The first kappa shape index (κ1) is 24.1. The number of carbonyl (C=O) groups is 2. The highest BCUT2D eigenvalue weighted by Crippen LogP contribution is 2.33. The normalized spacial score (nSPS) is 15.7. The van der Waals surface area contributed by atoms with Gasteiger partial charge in [0.1, 0.15) is 12.4 Å². The summed E-state index contributed by atoms with van der Waals surface area (Å²) < 4.78 is 11.4. The lowest BCUT2D eigenvalue weighted by molar-refractivity contribution is -0.143. The molecule has 1 unspecified atom stereocenters. The fourth-order valence-corrected chi connectivity index (χ4v) is 4.03. The number of esters is 1. The number of amides is 2. The molecule has 3 aromatic carbocycles. The van der Waals surface area contributed by atoms with E-state index in [-0.39, 0.29) is 12.1 Å². The van der Waals surface area contributed by atoms with Crippen molar-refractivity contribution in [2.24, 2.45) is 0 Å². The maximum absolute atomic E-state index is 13.2. The number of rotatable bonds is 8. The van der Waals surface area contributed by atoms with Gasteiger partial charge in [-0.05, 0) is 49.6 Å². The van der Waals surface area contributed by atoms with Gasteiger partial charge in [0, 0.05) is 5.70 Å². The van der Waals surface area contributed by atoms with Crippen molar-refractivity contribution in [3.05, 3.63) is 113 Å². The molecular formula is C29H30N2O4. The van der Waals surface area contributed by atoms with Crippen molar-refractivity contribution in [1.82, 2.24) is 10.2 Å². The van der Waals surface area contributed by atoms with Crippen LogP contribution >= 0.6 is 0 Å². The van der Waals surface area contributed by atoms with Crippen LogP contribution in [0.3, 0.4) is 0 Å². The summed E-state index contributed by atoms with van der Waals surface area (Å²) in [6.45, 7) is 6.23. The number of carbonyl (C=O) groups excluding carboxylic acids is 2. The van der Waals surface area contributed by atoms with E-state index in [0.29, 0.717) is 30.2 Å². The Bertz CT molecular complexity index is 1190. The quantitative estimate of drug-likeness (QED) is 0.425. The van der Waals surface area contributed by atoms with Crippen LogP contribution in [0.5, 0.6) is 5.75 Å². The third kappa shape index (κ3) is 5.90. The topological polar surface area (TPSA) is 67.9 Å². The number of urea groups is 1. The number of hydrogen-bond donors (Lipinski definition) is 1. The summed E-state index contributed by atoms with van der Waals surface area (Å²) in [5.74, 6) is 0.266. The van der Waals surface area contributed by atoms with E-state index in [1.165, 1.54) is 0 Å². The zero-order valence-electron chi connectivity index (χ0n) is 20.2. The van der Waals surface area contributed by atoms with Crippen LogP contribution in [0, 0.1) is 0 Å². The Morgan fingerprint density at radius 1 is 0.914 bits per heavy atom. The van der Waals surface area contributed by atoms with Gasteiger partial charge >= 0.3 is 12.0 Å². The summed E-state index contributed by atoms with van der Waals surface area (Å²) in [5, 5.41) is 3.00. The van der Waals surface area contributed by atoms with Crippen molar-refractivity contribution < 1.29 is 19.1 Å². The predicted molar refractivity (Wildman–Crippen MR) is 134 cm³/mol. The van der Waals surface area contributed by atoms with E-state index in [1.807, 2.05) is 98.8 Å². The molecule has 4 rings (SSSR count). The summed E-state index contributed by atoms with van der Waals surface area (Å²) in [6.07, 6.45) is -0.280. The van der Waals surface area contributed by atoms with E-state index in [4.69, 9.17) is 9.47 Å². The molecule has 3 aromatic rings. The maximum Gasteiger partial charge on any atom is 0.338 e. The summed E-state index contributed by atoms with van der Waals surface area (Å²) in [5.41, 5.74) is 3.83. The fourth-order valence-electron chi connectivity index (χ4n) is 4.03. The van der Waals surface area contributed by atoms with Crippen LogP contribution in [0.15, 0.2) is 96.2 Å². The molecule has 0 spiro atoms. The van der Waals surface area contributed by atoms with Crippen LogP contribution in [0.2, 0.25) is 0 Å². The molecule has 180 valence electrons. The highest BCUT2D eigenvalue weighted by molar-refractivity contribution is 5.95. The van der Waals surface area contributed by atoms with Gasteiger partial charge in [-0.2, -0.15) is 0 Å². The Balaban J connectivity index is 1.59. The van der Waals surface area contributed by atoms with E-state index < -0.39 is 12.0 Å². The third-order valence-electron chi connectivity index (χ3n) is 5.80. The van der Waals surface area contributed by atoms with Crippen LogP contribution in [0.1, 0.15) is 43.5 Å². The SMILES string of the molecule is CC1=C(C(=O)OC(C)C)C(c2ccc(OCc3ccccc3)cc2)NC(=O)N1Cc1ccccc1. The first-order valence-corrected chi connectivity index (χ1v) is 11.7. The first-order chi connectivity index (χ1) is 16.9. The maximum atomic E-state index is 13.2. The van der Waals surface area contributed by atoms with Crippen LogP contribution in [0.25, 0.3) is 0 Å². The molecule has 6 nitrogen and oxygen atoms in total. The largest absolute Gasteiger partial charge is 0.489 e. The van der Waals surface area contributed by atoms with Crippen LogP contribution in [0.4, 0.5) is 4.79 Å². The summed E-state index contributed by atoms with van der Waals surface area (Å²) in [4.78, 5) is 27.8. The number of nitrogens with zero attached hydrogens (tertiary/aromatic N) is 1. The fraction of sp³-hybridized carbons (Fsp3) is 0.241. The second-order valence-corrected chi connectivity index (χ2v) is 8.75. The minimum atomic E-state index is -0.621. The number of hydrogen-bond acceptors (Lipinski definition) is 4. The van der Waals surface area contributed by atoms with E-state index >= 15 is 0 Å². The molecule has 0 bridgehead atoms. The lowest BCUT2D eigenvalue weighted by atomic mass is 9.94. The molecule has 0 saturated carbocycles. The average molecular weight is 471 g/mol. The van der Waals surface area contributed by atoms with E-state index in [9.17, 15) is 9.59 Å². The van der Waals surface area contributed by atoms with Gasteiger partial charge in [-0.3, -0.25) is 4.90 Å². The minimum absolute atomic E-state index is 0.262. The minimum Gasteiger partial charge on any atom is -0.489 e. The predicted octanol–water partition coefficient (Wildman–Crippen LogP) is 5.76. The van der Waals surface area contributed by atoms with Gasteiger partial charge < -0.3 is 14.8 Å². The molecule has 1 aliphatic heterocycles. The molecule has 2 amide bonds. The molecule has 1 heterocycles. The van der Waals surface area contributed by atoms with Crippen molar-refractivity contribution in [1.29, 1.82) is 0 Å². The highest BCUT2D eigenvalue weighted by Gasteiger charge is 2.36. The lowest BCUT2D eigenvalue weighted by Crippen LogP contribution is -2.47. The Morgan fingerprint density at radius 2 is 1.51 bits per heavy atom. The van der Waals surface area contributed by atoms with Crippen LogP contribution < -0.4 is 10.1 Å². The molecule has 6 heteroatoms. The molecule has 0 aliphatic carbocycles. The number of nitrogens with one attached hydrogen (secondary N) is 1. The monoisotopic (exact) mass is 470 g/mol. The summed E-state index contributed by atoms with van der Waals surface area (Å²) in [6, 6.07) is 26.2. The number of benzene rings is 3. The standard InChI is InChI=1S/C29H30N2O4/c1-20(2)35-28(32)26-21(3)31(18-22-10-6-4-7-11-22)29(33)30-27(26)24-14-16-25(17-15-24)34-19-23-12-8-5-9-13-23/h4-17,20,27H,18-19H2,1-3H3,(H,30,33). The molecule has 0 radical (unpaired) electrons. The van der Waals surface area contributed by atoms with Gasteiger partial charge in [-0.1, -0.05) is 72.8 Å². The Hall–Kier alpha value is -4.06. The molecule has 0 saturated heterocycles. The molecule has 1 atom stereocenters. The van der Waals surface area contributed by atoms with Gasteiger partial charge in [0.25, 0.3) is 0 Å². The molecule has 1 aliphatic rings. The van der Waals surface area contributed by atoms with Crippen molar-refractivity contribution >= 4 is 12.0 Å². The second-order valence-electron chi connectivity index (χ2n) is 8.75. The van der Waals surface area contributed by atoms with Crippen molar-refractivity contribution in [2.75, 3.05) is 0 Å². The molecule has 0 fully saturated rings. The lowest BCUT2D eigenvalue weighted by Gasteiger charge is -2.35. The van der Waals surface area contributed by atoms with E-state index in [2.05, 4.69) is 5.32 Å². The van der Waals surface area contributed by atoms with Gasteiger partial charge in [-0.15, -0.1) is 0 Å². The van der Waals surface area contributed by atoms with Crippen molar-refractivity contribution in [3.63, 3.8) is 0 Å². The average Bonchev–Trinajstić information content (AvgIpc) is 2.86. The Labute approximate surface area is 206 Å². The number of ether oxygens (including phenoxy) is 2. The molecule has 0 aromatic heterocycles. The number of allylic oxidation sites excluding steroid dienone is 1.